The van der Waals surface area contributed by atoms with Gasteiger partial charge in [0.25, 0.3) is 5.91 Å². The van der Waals surface area contributed by atoms with Gasteiger partial charge in [-0.1, -0.05) is 0 Å². The summed E-state index contributed by atoms with van der Waals surface area (Å²) >= 11 is 0. The normalized spacial score (nSPS) is 22.3. The van der Waals surface area contributed by atoms with Crippen LogP contribution in [0.15, 0.2) is 18.2 Å². The number of carbonyl (C=O) groups excluding carboxylic acids is 1. The number of rotatable bonds is 4. The van der Waals surface area contributed by atoms with Crippen LogP contribution in [0.4, 0.5) is 0 Å². The monoisotopic (exact) mass is 278 g/mol. The molecule has 0 unspecified atom stereocenters. The maximum absolute atomic E-state index is 12.2. The van der Waals surface area contributed by atoms with Crippen LogP contribution in [-0.4, -0.2) is 37.3 Å². The van der Waals surface area contributed by atoms with Crippen LogP contribution < -0.4 is 15.4 Å². The fourth-order valence-electron chi connectivity index (χ4n) is 2.62. The van der Waals surface area contributed by atoms with E-state index in [1.165, 1.54) is 13.2 Å². The summed E-state index contributed by atoms with van der Waals surface area (Å²) in [6.07, 6.45) is 4.06. The third kappa shape index (κ3) is 3.42. The molecule has 0 heterocycles. The minimum absolute atomic E-state index is 0.0502. The Labute approximate surface area is 119 Å². The zero-order valence-electron chi connectivity index (χ0n) is 12.0. The first kappa shape index (κ1) is 14.7. The van der Waals surface area contributed by atoms with E-state index < -0.39 is 0 Å². The van der Waals surface area contributed by atoms with E-state index >= 15 is 0 Å². The number of amides is 1. The van der Waals surface area contributed by atoms with Gasteiger partial charge >= 0.3 is 0 Å². The van der Waals surface area contributed by atoms with E-state index in [0.717, 1.165) is 25.7 Å². The summed E-state index contributed by atoms with van der Waals surface area (Å²) in [4.78, 5) is 12.2. The average molecular weight is 278 g/mol. The molecule has 3 N–H and O–H groups in total. The molecule has 0 saturated heterocycles. The quantitative estimate of drug-likeness (QED) is 0.783. The zero-order valence-corrected chi connectivity index (χ0v) is 12.0. The van der Waals surface area contributed by atoms with Crippen LogP contribution in [0.2, 0.25) is 0 Å². The van der Waals surface area contributed by atoms with Crippen molar-refractivity contribution in [2.24, 2.45) is 0 Å². The molecule has 5 heteroatoms. The van der Waals surface area contributed by atoms with E-state index in [0.29, 0.717) is 17.4 Å². The van der Waals surface area contributed by atoms with Crippen LogP contribution in [0.1, 0.15) is 36.0 Å². The highest BCUT2D eigenvalue weighted by atomic mass is 16.5. The first-order valence-electron chi connectivity index (χ1n) is 6.99. The number of hydrogen-bond acceptors (Lipinski definition) is 4. The van der Waals surface area contributed by atoms with Gasteiger partial charge in [-0.15, -0.1) is 0 Å². The average Bonchev–Trinajstić information content (AvgIpc) is 2.47. The zero-order chi connectivity index (χ0) is 14.5. The molecule has 0 radical (unpaired) electrons. The van der Waals surface area contributed by atoms with E-state index in [2.05, 4.69) is 10.6 Å². The van der Waals surface area contributed by atoms with Crippen LogP contribution in [-0.2, 0) is 0 Å². The summed E-state index contributed by atoms with van der Waals surface area (Å²) in [5.74, 6) is 0.261. The van der Waals surface area contributed by atoms with Crippen LogP contribution in [0.3, 0.4) is 0 Å². The van der Waals surface area contributed by atoms with Crippen molar-refractivity contribution in [1.29, 1.82) is 0 Å². The van der Waals surface area contributed by atoms with Gasteiger partial charge in [-0.2, -0.15) is 0 Å². The molecule has 1 aliphatic rings. The van der Waals surface area contributed by atoms with Gasteiger partial charge in [0.2, 0.25) is 0 Å². The minimum atomic E-state index is -0.224. The van der Waals surface area contributed by atoms with E-state index in [9.17, 15) is 9.90 Å². The maximum atomic E-state index is 12.2. The molecule has 0 bridgehead atoms. The summed E-state index contributed by atoms with van der Waals surface area (Å²) in [5, 5.41) is 16.1. The lowest BCUT2D eigenvalue weighted by atomic mass is 9.91. The highest BCUT2D eigenvalue weighted by Crippen LogP contribution is 2.24. The molecule has 1 aliphatic carbocycles. The number of ether oxygens (including phenoxy) is 1. The van der Waals surface area contributed by atoms with E-state index in [4.69, 9.17) is 4.74 Å². The van der Waals surface area contributed by atoms with E-state index in [1.807, 2.05) is 7.05 Å². The molecule has 1 aromatic carbocycles. The molecular weight excluding hydrogens is 256 g/mol. The third-order valence-corrected chi connectivity index (χ3v) is 3.92. The van der Waals surface area contributed by atoms with Crippen molar-refractivity contribution < 1.29 is 14.6 Å². The molecule has 1 saturated carbocycles. The predicted octanol–water partition coefficient (Wildman–Crippen LogP) is 1.66. The molecule has 0 aromatic heterocycles. The largest absolute Gasteiger partial charge is 0.507 e. The van der Waals surface area contributed by atoms with Crippen molar-refractivity contribution >= 4 is 5.91 Å². The molecule has 0 aliphatic heterocycles. The van der Waals surface area contributed by atoms with Gasteiger partial charge in [-0.3, -0.25) is 4.79 Å². The number of phenolic OH excluding ortho intramolecular Hbond substituents is 1. The highest BCUT2D eigenvalue weighted by Gasteiger charge is 2.22. The first-order valence-corrected chi connectivity index (χ1v) is 6.99. The van der Waals surface area contributed by atoms with Crippen molar-refractivity contribution in [3.05, 3.63) is 23.8 Å². The molecule has 2 rings (SSSR count). The minimum Gasteiger partial charge on any atom is -0.507 e. The molecular formula is C15H22N2O3. The Bertz CT molecular complexity index is 468. The van der Waals surface area contributed by atoms with Gasteiger partial charge in [0.15, 0.2) is 0 Å². The molecule has 1 aromatic rings. The Balaban J connectivity index is 1.95. The lowest BCUT2D eigenvalue weighted by molar-refractivity contribution is 0.0922. The number of aromatic hydroxyl groups is 1. The molecule has 0 spiro atoms. The summed E-state index contributed by atoms with van der Waals surface area (Å²) in [6.45, 7) is 0. The second-order valence-electron chi connectivity index (χ2n) is 5.19. The van der Waals surface area contributed by atoms with Gasteiger partial charge < -0.3 is 20.5 Å². The smallest absolute Gasteiger partial charge is 0.255 e. The SMILES string of the molecule is CNC1CCC(NC(=O)c2ccc(OC)cc2O)CC1. The Kier molecular flexibility index (Phi) is 4.84. The number of nitrogens with one attached hydrogen (secondary N) is 2. The molecule has 1 fully saturated rings. The molecule has 110 valence electrons. The topological polar surface area (TPSA) is 70.6 Å². The number of benzene rings is 1. The third-order valence-electron chi connectivity index (χ3n) is 3.92. The molecule has 0 atom stereocenters. The van der Waals surface area contributed by atoms with E-state index in [-0.39, 0.29) is 17.7 Å². The predicted molar refractivity (Wildman–Crippen MR) is 77.2 cm³/mol. The summed E-state index contributed by atoms with van der Waals surface area (Å²) < 4.78 is 5.01. The van der Waals surface area contributed by atoms with Crippen molar-refractivity contribution in [2.45, 2.75) is 37.8 Å². The Morgan fingerprint density at radius 3 is 2.45 bits per heavy atom. The number of methoxy groups -OCH3 is 1. The van der Waals surface area contributed by atoms with Gasteiger partial charge in [0.1, 0.15) is 11.5 Å². The van der Waals surface area contributed by atoms with Crippen LogP contribution in [0.25, 0.3) is 0 Å². The summed E-state index contributed by atoms with van der Waals surface area (Å²) in [7, 11) is 3.49. The fourth-order valence-corrected chi connectivity index (χ4v) is 2.62. The van der Waals surface area contributed by atoms with Crippen molar-refractivity contribution in [3.63, 3.8) is 0 Å². The van der Waals surface area contributed by atoms with Crippen molar-refractivity contribution in [3.8, 4) is 11.5 Å². The first-order chi connectivity index (χ1) is 9.63. The van der Waals surface area contributed by atoms with Crippen LogP contribution >= 0.6 is 0 Å². The number of carbonyl (C=O) groups is 1. The summed E-state index contributed by atoms with van der Waals surface area (Å²) in [5.41, 5.74) is 0.293. The Morgan fingerprint density at radius 2 is 1.90 bits per heavy atom. The van der Waals surface area contributed by atoms with Gasteiger partial charge in [-0.05, 0) is 44.9 Å². The molecule has 1 amide bonds. The molecule has 5 nitrogen and oxygen atoms in total. The maximum Gasteiger partial charge on any atom is 0.255 e. The van der Waals surface area contributed by atoms with E-state index in [1.54, 1.807) is 12.1 Å². The second kappa shape index (κ2) is 6.61. The van der Waals surface area contributed by atoms with Crippen LogP contribution in [0.5, 0.6) is 11.5 Å². The van der Waals surface area contributed by atoms with Gasteiger partial charge in [-0.25, -0.2) is 0 Å². The lowest BCUT2D eigenvalue weighted by Gasteiger charge is -2.28. The second-order valence-corrected chi connectivity index (χ2v) is 5.19. The van der Waals surface area contributed by atoms with Gasteiger partial charge in [0, 0.05) is 18.2 Å². The van der Waals surface area contributed by atoms with Crippen molar-refractivity contribution in [2.75, 3.05) is 14.2 Å². The standard InChI is InChI=1S/C15H22N2O3/c1-16-10-3-5-11(6-4-10)17-15(19)13-8-7-12(20-2)9-14(13)18/h7-11,16,18H,3-6H2,1-2H3,(H,17,19). The van der Waals surface area contributed by atoms with Crippen LogP contribution in [0, 0.1) is 0 Å². The lowest BCUT2D eigenvalue weighted by Crippen LogP contribution is -2.41. The van der Waals surface area contributed by atoms with Crippen molar-refractivity contribution in [1.82, 2.24) is 10.6 Å². The molecule has 20 heavy (non-hydrogen) atoms. The Morgan fingerprint density at radius 1 is 1.25 bits per heavy atom. The number of hydrogen-bond donors (Lipinski definition) is 3. The van der Waals surface area contributed by atoms with Gasteiger partial charge in [0.05, 0.1) is 12.7 Å². The fraction of sp³-hybridized carbons (Fsp3) is 0.533. The number of phenols is 1. The summed E-state index contributed by atoms with van der Waals surface area (Å²) in [6, 6.07) is 5.45. The Hall–Kier alpha value is -1.75. The highest BCUT2D eigenvalue weighted by molar-refractivity contribution is 5.97.